The van der Waals surface area contributed by atoms with E-state index in [1.807, 2.05) is 0 Å². The molecular formula is C13H29N2O+. The van der Waals surface area contributed by atoms with Crippen LogP contribution in [0.25, 0.3) is 0 Å². The van der Waals surface area contributed by atoms with E-state index in [9.17, 15) is 4.79 Å². The molecule has 0 radical (unpaired) electrons. The molecule has 0 unspecified atom stereocenters. The minimum Gasteiger partial charge on any atom is -0.358 e. The number of hydrogen-bond acceptors (Lipinski definition) is 1. The Labute approximate surface area is 100 Å². The van der Waals surface area contributed by atoms with Crippen molar-refractivity contribution < 1.29 is 10.5 Å². The lowest BCUT2D eigenvalue weighted by Gasteiger charge is -2.04. The van der Waals surface area contributed by atoms with Crippen LogP contribution in [0.4, 0.5) is 0 Å². The van der Waals surface area contributed by atoms with Crippen LogP contribution in [0.2, 0.25) is 0 Å². The summed E-state index contributed by atoms with van der Waals surface area (Å²) in [5, 5.41) is 2.98. The van der Waals surface area contributed by atoms with Crippen molar-refractivity contribution in [1.29, 1.82) is 0 Å². The van der Waals surface area contributed by atoms with Gasteiger partial charge in [0.05, 0.1) is 6.54 Å². The smallest absolute Gasteiger partial charge is 0.219 e. The van der Waals surface area contributed by atoms with Gasteiger partial charge in [-0.2, -0.15) is 0 Å². The summed E-state index contributed by atoms with van der Waals surface area (Å²) < 4.78 is 0. The summed E-state index contributed by atoms with van der Waals surface area (Å²) in [5.41, 5.74) is 3.81. The number of carbonyl (C=O) groups is 1. The van der Waals surface area contributed by atoms with Crippen LogP contribution in [0, 0.1) is 0 Å². The highest BCUT2D eigenvalue weighted by Crippen LogP contribution is 2.02. The highest BCUT2D eigenvalue weighted by Gasteiger charge is 1.99. The van der Waals surface area contributed by atoms with E-state index >= 15 is 0 Å². The van der Waals surface area contributed by atoms with Gasteiger partial charge in [-0.05, 0) is 25.7 Å². The summed E-state index contributed by atoms with van der Waals surface area (Å²) in [6.07, 6.45) is 10.2. The fourth-order valence-corrected chi connectivity index (χ4v) is 1.68. The highest BCUT2D eigenvalue weighted by atomic mass is 16.1. The average molecular weight is 229 g/mol. The predicted octanol–water partition coefficient (Wildman–Crippen LogP) is 1.88. The van der Waals surface area contributed by atoms with E-state index in [-0.39, 0.29) is 5.91 Å². The fraction of sp³-hybridized carbons (Fsp3) is 0.923. The Hall–Kier alpha value is -0.570. The number of rotatable bonds is 11. The maximum absolute atomic E-state index is 11.4. The second-order valence-electron chi connectivity index (χ2n) is 4.43. The third kappa shape index (κ3) is 11.5. The number of quaternary nitrogens is 1. The van der Waals surface area contributed by atoms with Gasteiger partial charge in [-0.3, -0.25) is 4.79 Å². The van der Waals surface area contributed by atoms with Crippen molar-refractivity contribution >= 4 is 5.91 Å². The molecule has 3 nitrogen and oxygen atoms in total. The van der Waals surface area contributed by atoms with Crippen LogP contribution in [0.15, 0.2) is 0 Å². The van der Waals surface area contributed by atoms with Gasteiger partial charge in [0.15, 0.2) is 0 Å². The quantitative estimate of drug-likeness (QED) is 0.522. The van der Waals surface area contributed by atoms with E-state index in [0.717, 1.165) is 25.9 Å². The van der Waals surface area contributed by atoms with Crippen molar-refractivity contribution in [3.8, 4) is 0 Å². The lowest BCUT2D eigenvalue weighted by Crippen LogP contribution is -2.50. The molecule has 0 atom stereocenters. The number of amides is 1. The first-order chi connectivity index (χ1) is 7.81. The molecule has 0 saturated heterocycles. The molecule has 0 aromatic rings. The molecule has 0 aliphatic heterocycles. The van der Waals surface area contributed by atoms with E-state index in [0.29, 0.717) is 6.42 Å². The third-order valence-corrected chi connectivity index (χ3v) is 2.76. The molecule has 96 valence electrons. The fourth-order valence-electron chi connectivity index (χ4n) is 1.68. The van der Waals surface area contributed by atoms with Crippen LogP contribution in [-0.2, 0) is 4.79 Å². The summed E-state index contributed by atoms with van der Waals surface area (Å²) >= 11 is 0. The van der Waals surface area contributed by atoms with E-state index in [1.165, 1.54) is 38.5 Å². The van der Waals surface area contributed by atoms with Crippen LogP contribution in [-0.4, -0.2) is 19.0 Å². The zero-order valence-corrected chi connectivity index (χ0v) is 10.9. The van der Waals surface area contributed by atoms with Crippen molar-refractivity contribution in [1.82, 2.24) is 5.32 Å². The Kier molecular flexibility index (Phi) is 12.1. The Morgan fingerprint density at radius 3 is 2.38 bits per heavy atom. The van der Waals surface area contributed by atoms with Gasteiger partial charge in [0.25, 0.3) is 0 Å². The molecule has 0 heterocycles. The average Bonchev–Trinajstić information content (AvgIpc) is 2.29. The summed E-state index contributed by atoms with van der Waals surface area (Å²) in [4.78, 5) is 11.4. The monoisotopic (exact) mass is 229 g/mol. The van der Waals surface area contributed by atoms with Gasteiger partial charge in [-0.1, -0.05) is 32.6 Å². The van der Waals surface area contributed by atoms with Gasteiger partial charge in [0.1, 0.15) is 0 Å². The van der Waals surface area contributed by atoms with Crippen LogP contribution >= 0.6 is 0 Å². The SMILES string of the molecule is CCCCCCC(=O)NCCCCCC[NH3+]. The molecule has 0 aliphatic carbocycles. The topological polar surface area (TPSA) is 56.7 Å². The van der Waals surface area contributed by atoms with Crippen LogP contribution in [0.3, 0.4) is 0 Å². The maximum atomic E-state index is 11.4. The van der Waals surface area contributed by atoms with Crippen LogP contribution in [0.1, 0.15) is 64.7 Å². The molecule has 0 fully saturated rings. The standard InChI is InChI=1S/C13H28N2O/c1-2-3-4-7-10-13(16)15-12-9-6-5-8-11-14/h2-12,14H2,1H3,(H,15,16)/p+1. The zero-order valence-electron chi connectivity index (χ0n) is 10.9. The molecule has 0 aromatic carbocycles. The summed E-state index contributed by atoms with van der Waals surface area (Å²) in [5.74, 6) is 0.230. The number of hydrogen-bond donors (Lipinski definition) is 2. The molecule has 0 aromatic heterocycles. The highest BCUT2D eigenvalue weighted by molar-refractivity contribution is 5.75. The Bertz CT molecular complexity index is 160. The van der Waals surface area contributed by atoms with Gasteiger partial charge in [0.2, 0.25) is 5.91 Å². The summed E-state index contributed by atoms with van der Waals surface area (Å²) in [7, 11) is 0. The molecule has 16 heavy (non-hydrogen) atoms. The largest absolute Gasteiger partial charge is 0.358 e. The second kappa shape index (κ2) is 12.5. The minimum absolute atomic E-state index is 0.230. The molecule has 0 bridgehead atoms. The molecule has 3 heteroatoms. The summed E-state index contributed by atoms with van der Waals surface area (Å²) in [6.45, 7) is 4.07. The van der Waals surface area contributed by atoms with E-state index in [1.54, 1.807) is 0 Å². The molecule has 0 aliphatic rings. The Balaban J connectivity index is 3.11. The van der Waals surface area contributed by atoms with E-state index < -0.39 is 0 Å². The molecule has 0 saturated carbocycles. The molecule has 1 amide bonds. The zero-order chi connectivity index (χ0) is 12.1. The predicted molar refractivity (Wildman–Crippen MR) is 68.0 cm³/mol. The van der Waals surface area contributed by atoms with E-state index in [2.05, 4.69) is 18.0 Å². The molecular weight excluding hydrogens is 200 g/mol. The second-order valence-corrected chi connectivity index (χ2v) is 4.43. The first-order valence-electron chi connectivity index (χ1n) is 6.87. The molecule has 4 N–H and O–H groups in total. The van der Waals surface area contributed by atoms with Crippen molar-refractivity contribution in [2.75, 3.05) is 13.1 Å². The first kappa shape index (κ1) is 15.4. The molecule has 0 rings (SSSR count). The number of unbranched alkanes of at least 4 members (excludes halogenated alkanes) is 6. The van der Waals surface area contributed by atoms with Crippen LogP contribution in [0.5, 0.6) is 0 Å². The van der Waals surface area contributed by atoms with Crippen molar-refractivity contribution in [3.63, 3.8) is 0 Å². The van der Waals surface area contributed by atoms with Gasteiger partial charge in [-0.25, -0.2) is 0 Å². The normalized spacial score (nSPS) is 10.4. The third-order valence-electron chi connectivity index (χ3n) is 2.76. The van der Waals surface area contributed by atoms with Crippen molar-refractivity contribution in [3.05, 3.63) is 0 Å². The maximum Gasteiger partial charge on any atom is 0.219 e. The van der Waals surface area contributed by atoms with Gasteiger partial charge >= 0.3 is 0 Å². The van der Waals surface area contributed by atoms with E-state index in [4.69, 9.17) is 0 Å². The van der Waals surface area contributed by atoms with Gasteiger partial charge < -0.3 is 11.1 Å². The summed E-state index contributed by atoms with van der Waals surface area (Å²) in [6, 6.07) is 0. The number of nitrogens with one attached hydrogen (secondary N) is 1. The number of carbonyl (C=O) groups excluding carboxylic acids is 1. The minimum atomic E-state index is 0.230. The lowest BCUT2D eigenvalue weighted by molar-refractivity contribution is -0.368. The lowest BCUT2D eigenvalue weighted by atomic mass is 10.1. The van der Waals surface area contributed by atoms with Crippen LogP contribution < -0.4 is 11.1 Å². The van der Waals surface area contributed by atoms with Gasteiger partial charge in [0, 0.05) is 13.0 Å². The first-order valence-corrected chi connectivity index (χ1v) is 6.87. The van der Waals surface area contributed by atoms with Crippen molar-refractivity contribution in [2.24, 2.45) is 0 Å². The Morgan fingerprint density at radius 1 is 1.00 bits per heavy atom. The molecule has 0 spiro atoms. The van der Waals surface area contributed by atoms with Crippen molar-refractivity contribution in [2.45, 2.75) is 64.7 Å². The van der Waals surface area contributed by atoms with Gasteiger partial charge in [-0.15, -0.1) is 0 Å². The Morgan fingerprint density at radius 2 is 1.69 bits per heavy atom.